The number of nitrogens with zero attached hydrogens (tertiary/aromatic N) is 1. The molecular weight excluding hydrogens is 496 g/mol. The Morgan fingerprint density at radius 3 is 1.94 bits per heavy atom. The molecule has 0 aromatic rings. The first-order chi connectivity index (χ1) is 16.6. The van der Waals surface area contributed by atoms with Crippen molar-refractivity contribution >= 4 is 54.0 Å². The molecule has 35 heavy (non-hydrogen) atoms. The number of carboxylic acids is 1. The molecule has 4 unspecified atom stereocenters. The predicted molar refractivity (Wildman–Crippen MR) is 141 cm³/mol. The highest BCUT2D eigenvalue weighted by molar-refractivity contribution is 7.98. The molecule has 0 aliphatic heterocycles. The zero-order valence-corrected chi connectivity index (χ0v) is 21.8. The summed E-state index contributed by atoms with van der Waals surface area (Å²) >= 11 is 5.48. The standard InChI is InChI=1S/C20H40N8O5S2/c1-35-10-7-12(22)16(29)26-14(6-4-9-25-20(23)24)17(30)27-13(5-2-3-8-21)18(31)28-15(11-34)19(32)33/h12-15,34H,2-11,21-22H2,1H3,(H,26,29)(H,27,30)(H,28,31)(H,32,33)(H4,23,24,25). The highest BCUT2D eigenvalue weighted by atomic mass is 32.2. The van der Waals surface area contributed by atoms with Crippen molar-refractivity contribution in [2.45, 2.75) is 62.7 Å². The van der Waals surface area contributed by atoms with E-state index in [1.165, 1.54) is 0 Å². The largest absolute Gasteiger partial charge is 0.480 e. The zero-order valence-electron chi connectivity index (χ0n) is 20.1. The van der Waals surface area contributed by atoms with Gasteiger partial charge in [-0.15, -0.1) is 0 Å². The van der Waals surface area contributed by atoms with Crippen molar-refractivity contribution in [1.29, 1.82) is 0 Å². The number of carbonyl (C=O) groups is 4. The van der Waals surface area contributed by atoms with Crippen LogP contribution in [0, 0.1) is 0 Å². The lowest BCUT2D eigenvalue weighted by molar-refractivity contribution is -0.141. The molecule has 0 radical (unpaired) electrons. The Kier molecular flexibility index (Phi) is 17.8. The Bertz CT molecular complexity index is 709. The van der Waals surface area contributed by atoms with Crippen LogP contribution in [-0.4, -0.2) is 89.8 Å². The second kappa shape index (κ2) is 19.0. The molecule has 0 aromatic carbocycles. The third kappa shape index (κ3) is 14.7. The summed E-state index contributed by atoms with van der Waals surface area (Å²) in [5.41, 5.74) is 22.1. The van der Waals surface area contributed by atoms with Crippen LogP contribution in [0.4, 0.5) is 0 Å². The molecule has 0 fully saturated rings. The molecular formula is C20H40N8O5S2. The number of guanidine groups is 1. The van der Waals surface area contributed by atoms with Gasteiger partial charge in [-0.25, -0.2) is 4.79 Å². The van der Waals surface area contributed by atoms with Crippen molar-refractivity contribution in [2.24, 2.45) is 27.9 Å². The van der Waals surface area contributed by atoms with Crippen LogP contribution in [0.3, 0.4) is 0 Å². The Labute approximate surface area is 215 Å². The van der Waals surface area contributed by atoms with Crippen molar-refractivity contribution < 1.29 is 24.3 Å². The zero-order chi connectivity index (χ0) is 26.8. The molecule has 0 rings (SSSR count). The summed E-state index contributed by atoms with van der Waals surface area (Å²) in [6.07, 6.45) is 4.25. The number of carbonyl (C=O) groups excluding carboxylic acids is 3. The lowest BCUT2D eigenvalue weighted by atomic mass is 10.1. The topological polar surface area (TPSA) is 241 Å². The highest BCUT2D eigenvalue weighted by Crippen LogP contribution is 2.06. The summed E-state index contributed by atoms with van der Waals surface area (Å²) in [6.45, 7) is 0.636. The molecule has 12 N–H and O–H groups in total. The molecule has 0 spiro atoms. The van der Waals surface area contributed by atoms with Gasteiger partial charge in [0, 0.05) is 12.3 Å². The van der Waals surface area contributed by atoms with Gasteiger partial charge in [0.15, 0.2) is 5.96 Å². The van der Waals surface area contributed by atoms with Gasteiger partial charge in [0.2, 0.25) is 17.7 Å². The van der Waals surface area contributed by atoms with Gasteiger partial charge in [-0.1, -0.05) is 0 Å². The van der Waals surface area contributed by atoms with Crippen LogP contribution in [-0.2, 0) is 19.2 Å². The average Bonchev–Trinajstić information content (AvgIpc) is 2.81. The van der Waals surface area contributed by atoms with Gasteiger partial charge in [0.05, 0.1) is 6.04 Å². The molecule has 0 aromatic heterocycles. The van der Waals surface area contributed by atoms with Gasteiger partial charge in [-0.2, -0.15) is 24.4 Å². The number of thiol groups is 1. The fourth-order valence-corrected chi connectivity index (χ4v) is 3.66. The first-order valence-electron chi connectivity index (χ1n) is 11.3. The van der Waals surface area contributed by atoms with E-state index in [-0.39, 0.29) is 31.1 Å². The van der Waals surface area contributed by atoms with Crippen LogP contribution < -0.4 is 38.9 Å². The van der Waals surface area contributed by atoms with Gasteiger partial charge >= 0.3 is 5.97 Å². The smallest absolute Gasteiger partial charge is 0.327 e. The Morgan fingerprint density at radius 2 is 1.46 bits per heavy atom. The molecule has 0 bridgehead atoms. The summed E-state index contributed by atoms with van der Waals surface area (Å²) < 4.78 is 0. The van der Waals surface area contributed by atoms with Gasteiger partial charge in [-0.3, -0.25) is 19.4 Å². The number of hydrogen-bond donors (Lipinski definition) is 9. The first kappa shape index (κ1) is 32.8. The number of aliphatic imine (C=N–C) groups is 1. The van der Waals surface area contributed by atoms with Crippen LogP contribution in [0.5, 0.6) is 0 Å². The van der Waals surface area contributed by atoms with E-state index < -0.39 is 47.9 Å². The van der Waals surface area contributed by atoms with Crippen molar-refractivity contribution in [3.8, 4) is 0 Å². The van der Waals surface area contributed by atoms with Crippen LogP contribution in [0.25, 0.3) is 0 Å². The number of nitrogens with one attached hydrogen (secondary N) is 3. The minimum atomic E-state index is -1.25. The van der Waals surface area contributed by atoms with Crippen molar-refractivity contribution in [3.63, 3.8) is 0 Å². The maximum absolute atomic E-state index is 13.1. The number of hydrogen-bond acceptors (Lipinski definition) is 9. The predicted octanol–water partition coefficient (Wildman–Crippen LogP) is -2.28. The number of unbranched alkanes of at least 4 members (excludes halogenated alkanes) is 1. The number of aliphatic carboxylic acids is 1. The van der Waals surface area contributed by atoms with E-state index in [2.05, 4.69) is 33.6 Å². The number of thioether (sulfide) groups is 1. The molecule has 0 aliphatic rings. The maximum atomic E-state index is 13.1. The quantitative estimate of drug-likeness (QED) is 0.0370. The van der Waals surface area contributed by atoms with E-state index in [1.807, 2.05) is 6.26 Å². The van der Waals surface area contributed by atoms with E-state index in [0.29, 0.717) is 38.0 Å². The molecule has 4 atom stereocenters. The van der Waals surface area contributed by atoms with E-state index >= 15 is 0 Å². The van der Waals surface area contributed by atoms with E-state index in [0.717, 1.165) is 0 Å². The molecule has 0 heterocycles. The molecule has 0 aliphatic carbocycles. The third-order valence-corrected chi connectivity index (χ3v) is 5.93. The highest BCUT2D eigenvalue weighted by Gasteiger charge is 2.29. The molecule has 13 nitrogen and oxygen atoms in total. The normalized spacial score (nSPS) is 14.2. The first-order valence-corrected chi connectivity index (χ1v) is 13.3. The summed E-state index contributed by atoms with van der Waals surface area (Å²) in [5, 5.41) is 16.8. The van der Waals surface area contributed by atoms with Crippen LogP contribution >= 0.6 is 24.4 Å². The van der Waals surface area contributed by atoms with Gasteiger partial charge in [-0.05, 0) is 57.1 Å². The number of carboxylic acid groups (broad SMARTS) is 1. The van der Waals surface area contributed by atoms with Crippen molar-refractivity contribution in [2.75, 3.05) is 30.9 Å². The second-order valence-corrected chi connectivity index (χ2v) is 9.18. The Balaban J connectivity index is 5.49. The third-order valence-electron chi connectivity index (χ3n) is 4.93. The van der Waals surface area contributed by atoms with E-state index in [9.17, 15) is 24.3 Å². The summed E-state index contributed by atoms with van der Waals surface area (Å²) in [7, 11) is 0. The summed E-state index contributed by atoms with van der Waals surface area (Å²) in [6, 6.07) is -4.05. The number of nitrogens with two attached hydrogens (primary N) is 4. The fraction of sp³-hybridized carbons (Fsp3) is 0.750. The number of rotatable bonds is 19. The number of amides is 3. The fourth-order valence-electron chi connectivity index (χ4n) is 2.92. The minimum absolute atomic E-state index is 0.0945. The van der Waals surface area contributed by atoms with Gasteiger partial charge < -0.3 is 44.0 Å². The van der Waals surface area contributed by atoms with Gasteiger partial charge in [0.25, 0.3) is 0 Å². The van der Waals surface area contributed by atoms with Crippen LogP contribution in [0.15, 0.2) is 4.99 Å². The minimum Gasteiger partial charge on any atom is -0.480 e. The van der Waals surface area contributed by atoms with Crippen LogP contribution in [0.1, 0.15) is 38.5 Å². The lowest BCUT2D eigenvalue weighted by Crippen LogP contribution is -2.57. The Hall–Kier alpha value is -2.23. The summed E-state index contributed by atoms with van der Waals surface area (Å²) in [4.78, 5) is 53.5. The average molecular weight is 537 g/mol. The molecule has 0 saturated carbocycles. The second-order valence-electron chi connectivity index (χ2n) is 7.83. The molecule has 0 saturated heterocycles. The molecule has 15 heteroatoms. The Morgan fingerprint density at radius 1 is 0.914 bits per heavy atom. The van der Waals surface area contributed by atoms with Crippen molar-refractivity contribution in [1.82, 2.24) is 16.0 Å². The van der Waals surface area contributed by atoms with E-state index in [4.69, 9.17) is 22.9 Å². The maximum Gasteiger partial charge on any atom is 0.327 e. The monoisotopic (exact) mass is 536 g/mol. The van der Waals surface area contributed by atoms with Crippen LogP contribution in [0.2, 0.25) is 0 Å². The molecule has 202 valence electrons. The SMILES string of the molecule is CSCCC(N)C(=O)NC(CCCN=C(N)N)C(=O)NC(CCCCN)C(=O)NC(CS)C(=O)O. The van der Waals surface area contributed by atoms with E-state index in [1.54, 1.807) is 11.8 Å². The van der Waals surface area contributed by atoms with Crippen molar-refractivity contribution in [3.05, 3.63) is 0 Å². The van der Waals surface area contributed by atoms with Gasteiger partial charge in [0.1, 0.15) is 18.1 Å². The lowest BCUT2D eigenvalue weighted by Gasteiger charge is -2.25. The summed E-state index contributed by atoms with van der Waals surface area (Å²) in [5.74, 6) is -2.56. The molecule has 3 amide bonds.